The van der Waals surface area contributed by atoms with Crippen molar-refractivity contribution in [2.45, 2.75) is 38.5 Å². The molecule has 1 saturated heterocycles. The molecule has 2 atom stereocenters. The zero-order chi connectivity index (χ0) is 21.2. The summed E-state index contributed by atoms with van der Waals surface area (Å²) in [6.45, 7) is 7.84. The van der Waals surface area contributed by atoms with Gasteiger partial charge < -0.3 is 15.5 Å². The lowest BCUT2D eigenvalue weighted by atomic mass is 10.1. The third-order valence-electron chi connectivity index (χ3n) is 5.30. The first-order valence-electron chi connectivity index (χ1n) is 10.9. The van der Waals surface area contributed by atoms with E-state index in [1.54, 1.807) is 0 Å². The normalized spacial score (nSPS) is 15.8. The van der Waals surface area contributed by atoms with Gasteiger partial charge in [0.25, 0.3) is 0 Å². The highest BCUT2D eigenvalue weighted by Crippen LogP contribution is 2.23. The number of guanidine groups is 1. The Morgan fingerprint density at radius 2 is 1.87 bits per heavy atom. The van der Waals surface area contributed by atoms with E-state index in [-0.39, 0.29) is 30.0 Å². The van der Waals surface area contributed by atoms with E-state index in [1.807, 2.05) is 30.3 Å². The fraction of sp³-hybridized carbons (Fsp3) is 0.458. The summed E-state index contributed by atoms with van der Waals surface area (Å²) in [5, 5.41) is 6.80. The van der Waals surface area contributed by atoms with Crippen molar-refractivity contribution in [3.63, 3.8) is 0 Å². The van der Waals surface area contributed by atoms with Crippen LogP contribution in [0.5, 0.6) is 0 Å². The molecule has 1 aliphatic heterocycles. The molecular weight excluding hydrogens is 519 g/mol. The molecule has 0 aliphatic carbocycles. The molecule has 1 aliphatic rings. The first kappa shape index (κ1) is 25.6. The van der Waals surface area contributed by atoms with Crippen molar-refractivity contribution < 1.29 is 4.21 Å². The molecule has 2 N–H and O–H groups in total. The maximum Gasteiger partial charge on any atom is 0.191 e. The zero-order valence-electron chi connectivity index (χ0n) is 18.5. The van der Waals surface area contributed by atoms with Gasteiger partial charge in [-0.1, -0.05) is 42.5 Å². The summed E-state index contributed by atoms with van der Waals surface area (Å²) in [6.07, 6.45) is 2.56. The van der Waals surface area contributed by atoms with E-state index < -0.39 is 10.8 Å². The summed E-state index contributed by atoms with van der Waals surface area (Å²) < 4.78 is 12.4. The molecule has 0 bridgehead atoms. The van der Waals surface area contributed by atoms with E-state index >= 15 is 0 Å². The van der Waals surface area contributed by atoms with Crippen LogP contribution >= 0.6 is 24.0 Å². The summed E-state index contributed by atoms with van der Waals surface area (Å²) in [6, 6.07) is 18.9. The lowest BCUT2D eigenvalue weighted by molar-refractivity contribution is 0.679. The minimum Gasteiger partial charge on any atom is -0.372 e. The molecule has 2 aromatic rings. The SMILES string of the molecule is CCNC(=NCCS(=O)Cc1ccccc1)NC(C)c1cccc(N2CCCC2)c1.I. The van der Waals surface area contributed by atoms with Crippen LogP contribution in [0.2, 0.25) is 0 Å². The maximum absolute atomic E-state index is 12.4. The average molecular weight is 555 g/mol. The van der Waals surface area contributed by atoms with E-state index in [4.69, 9.17) is 0 Å². The lowest BCUT2D eigenvalue weighted by Crippen LogP contribution is -2.39. The quantitative estimate of drug-likeness (QED) is 0.273. The van der Waals surface area contributed by atoms with Crippen LogP contribution in [0.1, 0.15) is 43.9 Å². The summed E-state index contributed by atoms with van der Waals surface area (Å²) in [5.74, 6) is 1.91. The van der Waals surface area contributed by atoms with Gasteiger partial charge in [0.05, 0.1) is 12.6 Å². The molecule has 0 amide bonds. The van der Waals surface area contributed by atoms with Crippen LogP contribution in [-0.2, 0) is 16.6 Å². The molecule has 2 aromatic carbocycles. The third kappa shape index (κ3) is 8.44. The Morgan fingerprint density at radius 3 is 2.58 bits per heavy atom. The third-order valence-corrected chi connectivity index (χ3v) is 6.59. The number of hydrogen-bond acceptors (Lipinski definition) is 3. The Kier molecular flexibility index (Phi) is 11.4. The predicted molar refractivity (Wildman–Crippen MR) is 144 cm³/mol. The molecule has 31 heavy (non-hydrogen) atoms. The fourth-order valence-corrected chi connectivity index (χ4v) is 4.67. The number of rotatable bonds is 9. The Hall–Kier alpha value is -1.61. The van der Waals surface area contributed by atoms with Crippen molar-refractivity contribution in [3.05, 3.63) is 65.7 Å². The van der Waals surface area contributed by atoms with Gasteiger partial charge in [-0.2, -0.15) is 0 Å². The first-order valence-corrected chi connectivity index (χ1v) is 12.4. The van der Waals surface area contributed by atoms with Crippen molar-refractivity contribution in [2.24, 2.45) is 4.99 Å². The second-order valence-electron chi connectivity index (χ2n) is 7.69. The number of halogens is 1. The predicted octanol–water partition coefficient (Wildman–Crippen LogP) is 4.47. The van der Waals surface area contributed by atoms with Crippen molar-refractivity contribution >= 4 is 46.4 Å². The van der Waals surface area contributed by atoms with Gasteiger partial charge in [-0.15, -0.1) is 24.0 Å². The standard InChI is InChI=1S/C24H34N4OS.HI/c1-3-25-24(26-14-17-30(29)19-21-10-5-4-6-11-21)27-20(2)22-12-9-13-23(18-22)28-15-7-8-16-28;/h4-6,9-13,18,20H,3,7-8,14-17,19H2,1-2H3,(H2,25,26,27);1H. The smallest absolute Gasteiger partial charge is 0.191 e. The number of benzene rings is 2. The van der Waals surface area contributed by atoms with Crippen LogP contribution in [0, 0.1) is 0 Å². The average Bonchev–Trinajstić information content (AvgIpc) is 3.30. The highest BCUT2D eigenvalue weighted by Gasteiger charge is 2.14. The highest BCUT2D eigenvalue weighted by atomic mass is 127. The molecule has 5 nitrogen and oxygen atoms in total. The Morgan fingerprint density at radius 1 is 1.13 bits per heavy atom. The van der Waals surface area contributed by atoms with Gasteiger partial charge in [-0.25, -0.2) is 0 Å². The van der Waals surface area contributed by atoms with Crippen LogP contribution < -0.4 is 15.5 Å². The summed E-state index contributed by atoms with van der Waals surface area (Å²) in [4.78, 5) is 7.11. The van der Waals surface area contributed by atoms with Gasteiger partial charge in [-0.3, -0.25) is 9.20 Å². The number of anilines is 1. The summed E-state index contributed by atoms with van der Waals surface area (Å²) >= 11 is 0. The largest absolute Gasteiger partial charge is 0.372 e. The second-order valence-corrected chi connectivity index (χ2v) is 9.27. The number of aliphatic imine (C=N–C) groups is 1. The molecule has 170 valence electrons. The monoisotopic (exact) mass is 554 g/mol. The Labute approximate surface area is 206 Å². The highest BCUT2D eigenvalue weighted by molar-refractivity contribution is 14.0. The molecule has 0 spiro atoms. The molecule has 2 unspecified atom stereocenters. The fourth-order valence-electron chi connectivity index (χ4n) is 3.67. The number of nitrogens with zero attached hydrogens (tertiary/aromatic N) is 2. The van der Waals surface area contributed by atoms with Gasteiger partial charge in [0, 0.05) is 47.6 Å². The van der Waals surface area contributed by atoms with Gasteiger partial charge in [0.2, 0.25) is 0 Å². The first-order chi connectivity index (χ1) is 14.7. The number of nitrogens with one attached hydrogen (secondary N) is 2. The van der Waals surface area contributed by atoms with Gasteiger partial charge in [-0.05, 0) is 49.9 Å². The van der Waals surface area contributed by atoms with E-state index in [1.165, 1.54) is 24.1 Å². The summed E-state index contributed by atoms with van der Waals surface area (Å²) in [7, 11) is -0.913. The van der Waals surface area contributed by atoms with Crippen molar-refractivity contribution in [1.29, 1.82) is 0 Å². The molecular formula is C24H35IN4OS. The Balaban J connectivity index is 0.00000341. The van der Waals surface area contributed by atoms with E-state index in [0.29, 0.717) is 18.1 Å². The van der Waals surface area contributed by atoms with Crippen molar-refractivity contribution in [1.82, 2.24) is 10.6 Å². The summed E-state index contributed by atoms with van der Waals surface area (Å²) in [5.41, 5.74) is 3.66. The Bertz CT molecular complexity index is 840. The van der Waals surface area contributed by atoms with Crippen LogP contribution in [0.25, 0.3) is 0 Å². The molecule has 7 heteroatoms. The molecule has 3 rings (SSSR count). The van der Waals surface area contributed by atoms with Crippen LogP contribution in [0.15, 0.2) is 59.6 Å². The molecule has 0 saturated carbocycles. The topological polar surface area (TPSA) is 56.7 Å². The molecule has 0 aromatic heterocycles. The number of hydrogen-bond donors (Lipinski definition) is 2. The van der Waals surface area contributed by atoms with Crippen molar-refractivity contribution in [2.75, 3.05) is 36.8 Å². The van der Waals surface area contributed by atoms with Crippen LogP contribution in [0.3, 0.4) is 0 Å². The van der Waals surface area contributed by atoms with E-state index in [0.717, 1.165) is 31.2 Å². The van der Waals surface area contributed by atoms with Gasteiger partial charge in [0.1, 0.15) is 0 Å². The minimum absolute atomic E-state index is 0. The maximum atomic E-state index is 12.4. The van der Waals surface area contributed by atoms with Crippen molar-refractivity contribution in [3.8, 4) is 0 Å². The van der Waals surface area contributed by atoms with Gasteiger partial charge >= 0.3 is 0 Å². The van der Waals surface area contributed by atoms with Crippen LogP contribution in [-0.4, -0.2) is 42.1 Å². The van der Waals surface area contributed by atoms with Crippen LogP contribution in [0.4, 0.5) is 5.69 Å². The molecule has 1 fully saturated rings. The molecule has 1 heterocycles. The van der Waals surface area contributed by atoms with E-state index in [9.17, 15) is 4.21 Å². The lowest BCUT2D eigenvalue weighted by Gasteiger charge is -2.22. The minimum atomic E-state index is -0.913. The van der Waals surface area contributed by atoms with E-state index in [2.05, 4.69) is 58.6 Å². The zero-order valence-corrected chi connectivity index (χ0v) is 21.7. The molecule has 0 radical (unpaired) electrons. The van der Waals surface area contributed by atoms with Gasteiger partial charge in [0.15, 0.2) is 5.96 Å². The second kappa shape index (κ2) is 13.7.